The summed E-state index contributed by atoms with van der Waals surface area (Å²) in [4.78, 5) is 12.1. The summed E-state index contributed by atoms with van der Waals surface area (Å²) >= 11 is 0. The van der Waals surface area contributed by atoms with Gasteiger partial charge in [-0.15, -0.1) is 17.5 Å². The van der Waals surface area contributed by atoms with Gasteiger partial charge in [0.25, 0.3) is 0 Å². The lowest BCUT2D eigenvalue weighted by Gasteiger charge is -2.13. The Labute approximate surface area is 146 Å². The van der Waals surface area contributed by atoms with E-state index in [9.17, 15) is 9.90 Å². The minimum atomic E-state index is -0.393. The summed E-state index contributed by atoms with van der Waals surface area (Å²) in [5.74, 6) is -0.0349. The second-order valence-electron chi connectivity index (χ2n) is 5.84. The molecule has 1 amide bonds. The van der Waals surface area contributed by atoms with Crippen molar-refractivity contribution in [3.8, 4) is 5.69 Å². The first-order valence-electron chi connectivity index (χ1n) is 7.77. The lowest BCUT2D eigenvalue weighted by molar-refractivity contribution is -0.120. The van der Waals surface area contributed by atoms with E-state index in [1.54, 1.807) is 4.68 Å². The van der Waals surface area contributed by atoms with Crippen molar-refractivity contribution in [2.75, 3.05) is 19.6 Å². The summed E-state index contributed by atoms with van der Waals surface area (Å²) in [6.07, 6.45) is -0.203. The molecule has 24 heavy (non-hydrogen) atoms. The summed E-state index contributed by atoms with van der Waals surface area (Å²) in [7, 11) is 0. The zero-order chi connectivity index (χ0) is 16.2. The van der Waals surface area contributed by atoms with E-state index < -0.39 is 6.10 Å². The highest BCUT2D eigenvalue weighted by Gasteiger charge is 2.25. The summed E-state index contributed by atoms with van der Waals surface area (Å²) in [6, 6.07) is 9.70. The van der Waals surface area contributed by atoms with Crippen molar-refractivity contribution in [1.82, 2.24) is 25.6 Å². The molecule has 1 saturated heterocycles. The molecule has 8 heteroatoms. The third-order valence-electron chi connectivity index (χ3n) is 4.18. The average Bonchev–Trinajstić information content (AvgIpc) is 3.13. The van der Waals surface area contributed by atoms with Gasteiger partial charge in [-0.25, -0.2) is 4.68 Å². The van der Waals surface area contributed by atoms with E-state index in [1.165, 1.54) is 0 Å². The first kappa shape index (κ1) is 18.4. The van der Waals surface area contributed by atoms with Crippen LogP contribution < -0.4 is 10.6 Å². The van der Waals surface area contributed by atoms with Gasteiger partial charge in [0, 0.05) is 25.6 Å². The number of halogens is 1. The van der Waals surface area contributed by atoms with Gasteiger partial charge >= 0.3 is 0 Å². The summed E-state index contributed by atoms with van der Waals surface area (Å²) in [5.41, 5.74) is 2.44. The van der Waals surface area contributed by atoms with Gasteiger partial charge in [-0.05, 0) is 19.1 Å². The lowest BCUT2D eigenvalue weighted by Crippen LogP contribution is -2.35. The van der Waals surface area contributed by atoms with Crippen LogP contribution in [0.4, 0.5) is 0 Å². The second-order valence-corrected chi connectivity index (χ2v) is 5.84. The zero-order valence-electron chi connectivity index (χ0n) is 13.5. The Bertz CT molecular complexity index is 676. The molecule has 3 rings (SSSR count). The van der Waals surface area contributed by atoms with Gasteiger partial charge in [-0.3, -0.25) is 4.79 Å². The molecule has 1 fully saturated rings. The fraction of sp³-hybridized carbons (Fsp3) is 0.438. The standard InChI is InChI=1S/C16H21N5O2.ClH/c1-11-14(19-20-21(11)13-5-3-2-4-6-13)7-16(23)18-9-12-8-17-10-15(12)22;/h2-6,12,15,17,22H,7-10H2,1H3,(H,18,23);1H. The molecule has 0 saturated carbocycles. The van der Waals surface area contributed by atoms with Crippen molar-refractivity contribution in [3.63, 3.8) is 0 Å². The Hall–Kier alpha value is -1.96. The molecule has 2 aromatic rings. The van der Waals surface area contributed by atoms with Gasteiger partial charge in [-0.2, -0.15) is 0 Å². The third-order valence-corrected chi connectivity index (χ3v) is 4.18. The Kier molecular flexibility index (Phi) is 6.30. The van der Waals surface area contributed by atoms with Crippen LogP contribution in [-0.2, 0) is 11.2 Å². The number of nitrogens with one attached hydrogen (secondary N) is 2. The molecule has 0 radical (unpaired) electrons. The van der Waals surface area contributed by atoms with Crippen LogP contribution in [0.5, 0.6) is 0 Å². The van der Waals surface area contributed by atoms with Crippen molar-refractivity contribution < 1.29 is 9.90 Å². The Balaban J connectivity index is 0.00000208. The molecule has 0 aliphatic carbocycles. The Morgan fingerprint density at radius 3 is 2.79 bits per heavy atom. The number of β-amino-alcohol motifs (C(OH)–C–C–N with tert-alkyl or cyclic N) is 1. The molecular formula is C16H22ClN5O2. The van der Waals surface area contributed by atoms with E-state index in [2.05, 4.69) is 20.9 Å². The maximum atomic E-state index is 12.1. The lowest BCUT2D eigenvalue weighted by atomic mass is 10.1. The van der Waals surface area contributed by atoms with Crippen molar-refractivity contribution in [2.24, 2.45) is 5.92 Å². The van der Waals surface area contributed by atoms with Gasteiger partial charge in [0.05, 0.1) is 29.6 Å². The number of rotatable bonds is 5. The number of carbonyl (C=O) groups excluding carboxylic acids is 1. The molecule has 130 valence electrons. The van der Waals surface area contributed by atoms with E-state index in [0.717, 1.165) is 17.9 Å². The van der Waals surface area contributed by atoms with Crippen LogP contribution in [0, 0.1) is 12.8 Å². The number of aromatic nitrogens is 3. The van der Waals surface area contributed by atoms with Crippen molar-refractivity contribution >= 4 is 18.3 Å². The summed E-state index contributed by atoms with van der Waals surface area (Å²) < 4.78 is 1.73. The van der Waals surface area contributed by atoms with Crippen molar-refractivity contribution in [2.45, 2.75) is 19.4 Å². The normalized spacial score (nSPS) is 19.8. The third kappa shape index (κ3) is 4.11. The van der Waals surface area contributed by atoms with Gasteiger partial charge in [0.15, 0.2) is 0 Å². The quantitative estimate of drug-likeness (QED) is 0.717. The molecule has 2 heterocycles. The molecule has 0 bridgehead atoms. The number of amides is 1. The number of carbonyl (C=O) groups is 1. The molecular weight excluding hydrogens is 330 g/mol. The number of aliphatic hydroxyl groups excluding tert-OH is 1. The molecule has 1 aliphatic rings. The first-order chi connectivity index (χ1) is 11.1. The van der Waals surface area contributed by atoms with Gasteiger partial charge < -0.3 is 15.7 Å². The number of para-hydroxylation sites is 1. The predicted octanol–water partition coefficient (Wildman–Crippen LogP) is 0.237. The van der Waals surface area contributed by atoms with Crippen LogP contribution in [0.25, 0.3) is 5.69 Å². The van der Waals surface area contributed by atoms with E-state index in [-0.39, 0.29) is 30.7 Å². The zero-order valence-corrected chi connectivity index (χ0v) is 14.3. The van der Waals surface area contributed by atoms with E-state index in [0.29, 0.717) is 18.8 Å². The molecule has 2 unspecified atom stereocenters. The highest BCUT2D eigenvalue weighted by molar-refractivity contribution is 5.85. The molecule has 0 spiro atoms. The fourth-order valence-electron chi connectivity index (χ4n) is 2.73. The number of benzene rings is 1. The molecule has 1 aliphatic heterocycles. The minimum Gasteiger partial charge on any atom is -0.391 e. The molecule has 7 nitrogen and oxygen atoms in total. The van der Waals surface area contributed by atoms with Crippen LogP contribution in [0.15, 0.2) is 30.3 Å². The fourth-order valence-corrected chi connectivity index (χ4v) is 2.73. The van der Waals surface area contributed by atoms with Crippen LogP contribution in [-0.4, -0.2) is 51.7 Å². The summed E-state index contributed by atoms with van der Waals surface area (Å²) in [5, 5.41) is 23.9. The molecule has 1 aromatic heterocycles. The Morgan fingerprint density at radius 1 is 1.38 bits per heavy atom. The van der Waals surface area contributed by atoms with E-state index >= 15 is 0 Å². The maximum absolute atomic E-state index is 12.1. The maximum Gasteiger partial charge on any atom is 0.226 e. The van der Waals surface area contributed by atoms with Crippen molar-refractivity contribution in [3.05, 3.63) is 41.7 Å². The predicted molar refractivity (Wildman–Crippen MR) is 92.4 cm³/mol. The monoisotopic (exact) mass is 351 g/mol. The smallest absolute Gasteiger partial charge is 0.226 e. The molecule has 1 aromatic carbocycles. The highest BCUT2D eigenvalue weighted by Crippen LogP contribution is 2.12. The first-order valence-corrected chi connectivity index (χ1v) is 7.77. The van der Waals surface area contributed by atoms with Gasteiger partial charge in [-0.1, -0.05) is 23.4 Å². The number of nitrogens with zero attached hydrogens (tertiary/aromatic N) is 3. The van der Waals surface area contributed by atoms with Gasteiger partial charge in [0.2, 0.25) is 5.91 Å². The van der Waals surface area contributed by atoms with Crippen LogP contribution >= 0.6 is 12.4 Å². The Morgan fingerprint density at radius 2 is 2.12 bits per heavy atom. The highest BCUT2D eigenvalue weighted by atomic mass is 35.5. The van der Waals surface area contributed by atoms with Crippen LogP contribution in [0.3, 0.4) is 0 Å². The average molecular weight is 352 g/mol. The summed E-state index contributed by atoms with van der Waals surface area (Å²) in [6.45, 7) is 3.69. The minimum absolute atomic E-state index is 0. The number of aliphatic hydroxyl groups is 1. The second kappa shape index (κ2) is 8.23. The molecule has 2 atom stereocenters. The largest absolute Gasteiger partial charge is 0.391 e. The van der Waals surface area contributed by atoms with E-state index in [4.69, 9.17) is 0 Å². The number of hydrogen-bond acceptors (Lipinski definition) is 5. The topological polar surface area (TPSA) is 92.1 Å². The van der Waals surface area contributed by atoms with Crippen LogP contribution in [0.2, 0.25) is 0 Å². The SMILES string of the molecule is Cc1c(CC(=O)NCC2CNCC2O)nnn1-c1ccccc1.Cl. The van der Waals surface area contributed by atoms with E-state index in [1.807, 2.05) is 37.3 Å². The number of hydrogen-bond donors (Lipinski definition) is 3. The molecule has 3 N–H and O–H groups in total. The van der Waals surface area contributed by atoms with Crippen molar-refractivity contribution in [1.29, 1.82) is 0 Å². The van der Waals surface area contributed by atoms with Crippen LogP contribution in [0.1, 0.15) is 11.4 Å². The van der Waals surface area contributed by atoms with Gasteiger partial charge in [0.1, 0.15) is 0 Å².